The molecule has 2 N–H and O–H groups in total. The van der Waals surface area contributed by atoms with Gasteiger partial charge in [-0.1, -0.05) is 12.1 Å². The second kappa shape index (κ2) is 12.6. The Morgan fingerprint density at radius 2 is 1.84 bits per heavy atom. The van der Waals surface area contributed by atoms with Crippen LogP contribution in [0.1, 0.15) is 40.6 Å². The molecule has 0 aliphatic rings. The highest BCUT2D eigenvalue weighted by Crippen LogP contribution is 2.29. The van der Waals surface area contributed by atoms with Crippen molar-refractivity contribution in [1.29, 1.82) is 0 Å². The molecule has 0 unspecified atom stereocenters. The van der Waals surface area contributed by atoms with Gasteiger partial charge in [-0.05, 0) is 44.0 Å². The highest BCUT2D eigenvalue weighted by Gasteiger charge is 2.29. The lowest BCUT2D eigenvalue weighted by Gasteiger charge is -2.22. The summed E-state index contributed by atoms with van der Waals surface area (Å²) in [5, 5.41) is 5.95. The van der Waals surface area contributed by atoms with Crippen molar-refractivity contribution in [2.45, 2.75) is 33.0 Å². The molecular formula is C21H28F3IN4O2. The molecule has 6 nitrogen and oxygen atoms in total. The summed E-state index contributed by atoms with van der Waals surface area (Å²) < 4.78 is 43.2. The standard InChI is InChI=1S/C21H27F3N4O2.HI/c1-4-25-20(27-12-5-11-26-19(29)18-15(2)10-13-30-18)28(3)14-16-6-8-17(9-7-16)21(22,23)24;/h6-10,13H,4-5,11-12,14H2,1-3H3,(H,25,27)(H,26,29);1H. The molecule has 2 rings (SSSR count). The molecule has 0 aliphatic heterocycles. The number of hydrogen-bond donors (Lipinski definition) is 2. The molecule has 0 fully saturated rings. The van der Waals surface area contributed by atoms with Crippen LogP contribution >= 0.6 is 24.0 Å². The quantitative estimate of drug-likeness (QED) is 0.220. The van der Waals surface area contributed by atoms with Crippen molar-refractivity contribution in [3.8, 4) is 0 Å². The number of halogens is 4. The molecule has 0 bridgehead atoms. The number of nitrogens with one attached hydrogen (secondary N) is 2. The van der Waals surface area contributed by atoms with E-state index in [1.54, 1.807) is 13.0 Å². The highest BCUT2D eigenvalue weighted by atomic mass is 127. The van der Waals surface area contributed by atoms with Crippen molar-refractivity contribution in [3.05, 3.63) is 59.0 Å². The number of hydrogen-bond acceptors (Lipinski definition) is 3. The zero-order valence-corrected chi connectivity index (χ0v) is 20.1. The number of aliphatic imine (C=N–C) groups is 1. The smallest absolute Gasteiger partial charge is 0.416 e. The van der Waals surface area contributed by atoms with Gasteiger partial charge in [0.15, 0.2) is 11.7 Å². The summed E-state index contributed by atoms with van der Waals surface area (Å²) in [7, 11) is 1.82. The Labute approximate surface area is 197 Å². The predicted molar refractivity (Wildman–Crippen MR) is 125 cm³/mol. The van der Waals surface area contributed by atoms with E-state index in [-0.39, 0.29) is 29.9 Å². The molecule has 0 atom stereocenters. The fourth-order valence-corrected chi connectivity index (χ4v) is 2.77. The molecule has 0 radical (unpaired) electrons. The zero-order valence-electron chi connectivity index (χ0n) is 17.8. The van der Waals surface area contributed by atoms with Crippen molar-refractivity contribution in [1.82, 2.24) is 15.5 Å². The Bertz CT molecular complexity index is 851. The Kier molecular flexibility index (Phi) is 10.9. The summed E-state index contributed by atoms with van der Waals surface area (Å²) in [5.41, 5.74) is 0.864. The van der Waals surface area contributed by atoms with Crippen molar-refractivity contribution >= 4 is 35.8 Å². The van der Waals surface area contributed by atoms with Crippen molar-refractivity contribution in [3.63, 3.8) is 0 Å². The average Bonchev–Trinajstić information content (AvgIpc) is 3.12. The molecule has 0 saturated carbocycles. The molecule has 10 heteroatoms. The van der Waals surface area contributed by atoms with Crippen molar-refractivity contribution in [2.75, 3.05) is 26.7 Å². The van der Waals surface area contributed by atoms with Crippen LogP contribution in [0.25, 0.3) is 0 Å². The topological polar surface area (TPSA) is 69.9 Å². The predicted octanol–water partition coefficient (Wildman–Crippen LogP) is 4.44. The number of amides is 1. The van der Waals surface area contributed by atoms with Gasteiger partial charge in [0.05, 0.1) is 11.8 Å². The van der Waals surface area contributed by atoms with E-state index in [9.17, 15) is 18.0 Å². The molecule has 1 aromatic heterocycles. The van der Waals surface area contributed by atoms with E-state index in [0.29, 0.717) is 44.3 Å². The minimum atomic E-state index is -4.34. The van der Waals surface area contributed by atoms with E-state index < -0.39 is 11.7 Å². The summed E-state index contributed by atoms with van der Waals surface area (Å²) >= 11 is 0. The first-order valence-corrected chi connectivity index (χ1v) is 9.70. The number of alkyl halides is 3. The van der Waals surface area contributed by atoms with Crippen LogP contribution in [0.2, 0.25) is 0 Å². The molecule has 0 spiro atoms. The van der Waals surface area contributed by atoms with Gasteiger partial charge in [-0.15, -0.1) is 24.0 Å². The highest BCUT2D eigenvalue weighted by molar-refractivity contribution is 14.0. The van der Waals surface area contributed by atoms with Crippen molar-refractivity contribution in [2.24, 2.45) is 4.99 Å². The first-order valence-electron chi connectivity index (χ1n) is 9.70. The molecule has 31 heavy (non-hydrogen) atoms. The van der Waals surface area contributed by atoms with Crippen LogP contribution in [-0.2, 0) is 12.7 Å². The molecule has 2 aromatic rings. The Hall–Kier alpha value is -2.24. The van der Waals surface area contributed by atoms with E-state index >= 15 is 0 Å². The third-order valence-corrected chi connectivity index (χ3v) is 4.35. The number of benzene rings is 1. The minimum absolute atomic E-state index is 0. The Morgan fingerprint density at radius 1 is 1.16 bits per heavy atom. The van der Waals surface area contributed by atoms with Crippen LogP contribution < -0.4 is 10.6 Å². The second-order valence-electron chi connectivity index (χ2n) is 6.83. The molecule has 0 aliphatic carbocycles. The van der Waals surface area contributed by atoms with Crippen LogP contribution in [0.3, 0.4) is 0 Å². The van der Waals surface area contributed by atoms with Crippen LogP contribution in [0.5, 0.6) is 0 Å². The molecule has 1 heterocycles. The largest absolute Gasteiger partial charge is 0.459 e. The molecule has 0 saturated heterocycles. The summed E-state index contributed by atoms with van der Waals surface area (Å²) in [6.07, 6.45) is -2.23. The van der Waals surface area contributed by atoms with Gasteiger partial charge < -0.3 is 20.0 Å². The van der Waals surface area contributed by atoms with Crippen LogP contribution in [0.4, 0.5) is 13.2 Å². The normalized spacial score (nSPS) is 11.6. The van der Waals surface area contributed by atoms with Gasteiger partial charge in [0.25, 0.3) is 5.91 Å². The van der Waals surface area contributed by atoms with E-state index in [0.717, 1.165) is 23.3 Å². The summed E-state index contributed by atoms with van der Waals surface area (Å²) in [6, 6.07) is 6.83. The van der Waals surface area contributed by atoms with Crippen LogP contribution in [0.15, 0.2) is 46.0 Å². The lowest BCUT2D eigenvalue weighted by Crippen LogP contribution is -2.38. The first-order chi connectivity index (χ1) is 14.2. The van der Waals surface area contributed by atoms with Gasteiger partial charge in [-0.2, -0.15) is 13.2 Å². The fraction of sp³-hybridized carbons (Fsp3) is 0.429. The molecule has 172 valence electrons. The lowest BCUT2D eigenvalue weighted by molar-refractivity contribution is -0.137. The van der Waals surface area contributed by atoms with Crippen LogP contribution in [0, 0.1) is 6.92 Å². The monoisotopic (exact) mass is 552 g/mol. The molecule has 1 amide bonds. The van der Waals surface area contributed by atoms with Gasteiger partial charge in [-0.25, -0.2) is 0 Å². The maximum absolute atomic E-state index is 12.7. The molecule has 1 aromatic carbocycles. The van der Waals surface area contributed by atoms with Crippen LogP contribution in [-0.4, -0.2) is 43.4 Å². The SMILES string of the molecule is CCNC(=NCCCNC(=O)c1occc1C)N(C)Cc1ccc(C(F)(F)F)cc1.I. The summed E-state index contributed by atoms with van der Waals surface area (Å²) in [4.78, 5) is 18.4. The number of aryl methyl sites for hydroxylation is 1. The van der Waals surface area contributed by atoms with Gasteiger partial charge in [0.1, 0.15) is 0 Å². The zero-order chi connectivity index (χ0) is 22.1. The molecular weight excluding hydrogens is 524 g/mol. The van der Waals surface area contributed by atoms with E-state index in [1.165, 1.54) is 18.4 Å². The number of carbonyl (C=O) groups is 1. The summed E-state index contributed by atoms with van der Waals surface area (Å²) in [5.74, 6) is 0.696. The third-order valence-electron chi connectivity index (χ3n) is 4.35. The fourth-order valence-electron chi connectivity index (χ4n) is 2.77. The maximum atomic E-state index is 12.7. The van der Waals surface area contributed by atoms with E-state index in [1.807, 2.05) is 18.9 Å². The first kappa shape index (κ1) is 26.8. The third kappa shape index (κ3) is 8.42. The number of furan rings is 1. The number of nitrogens with zero attached hydrogens (tertiary/aromatic N) is 2. The van der Waals surface area contributed by atoms with E-state index in [2.05, 4.69) is 15.6 Å². The maximum Gasteiger partial charge on any atom is 0.416 e. The number of carbonyl (C=O) groups excluding carboxylic acids is 1. The Balaban J connectivity index is 0.00000480. The second-order valence-corrected chi connectivity index (χ2v) is 6.83. The number of rotatable bonds is 8. The van der Waals surface area contributed by atoms with Gasteiger partial charge in [-0.3, -0.25) is 9.79 Å². The Morgan fingerprint density at radius 3 is 2.39 bits per heavy atom. The van der Waals surface area contributed by atoms with Crippen molar-refractivity contribution < 1.29 is 22.4 Å². The summed E-state index contributed by atoms with van der Waals surface area (Å²) in [6.45, 7) is 5.75. The average molecular weight is 552 g/mol. The minimum Gasteiger partial charge on any atom is -0.459 e. The van der Waals surface area contributed by atoms with Gasteiger partial charge in [0.2, 0.25) is 0 Å². The van der Waals surface area contributed by atoms with E-state index in [4.69, 9.17) is 4.42 Å². The van der Waals surface area contributed by atoms with Gasteiger partial charge >= 0.3 is 6.18 Å². The lowest BCUT2D eigenvalue weighted by atomic mass is 10.1. The van der Waals surface area contributed by atoms with Gasteiger partial charge in [0, 0.05) is 38.8 Å². The number of guanidine groups is 1.